The Labute approximate surface area is 102 Å². The summed E-state index contributed by atoms with van der Waals surface area (Å²) in [4.78, 5) is 22.5. The highest BCUT2D eigenvalue weighted by atomic mass is 16.5. The minimum absolute atomic E-state index is 0.0132. The molecule has 2 atom stereocenters. The van der Waals surface area contributed by atoms with E-state index in [1.807, 2.05) is 0 Å². The SMILES string of the molecule is C=C(C(=O)OC)[C@@H]1[C@@H](CCC(=O)OC)C1(C)C. The second-order valence-electron chi connectivity index (χ2n) is 5.04. The highest BCUT2D eigenvalue weighted by molar-refractivity contribution is 5.89. The Morgan fingerprint density at radius 2 is 1.82 bits per heavy atom. The molecule has 0 radical (unpaired) electrons. The first-order valence-electron chi connectivity index (χ1n) is 5.70. The van der Waals surface area contributed by atoms with Crippen molar-refractivity contribution in [3.8, 4) is 0 Å². The summed E-state index contributed by atoms with van der Waals surface area (Å²) in [7, 11) is 2.73. The van der Waals surface area contributed by atoms with E-state index in [9.17, 15) is 9.59 Å². The Balaban J connectivity index is 2.56. The van der Waals surface area contributed by atoms with Gasteiger partial charge in [0.05, 0.1) is 14.2 Å². The summed E-state index contributed by atoms with van der Waals surface area (Å²) in [6.07, 6.45) is 1.11. The largest absolute Gasteiger partial charge is 0.469 e. The van der Waals surface area contributed by atoms with Crippen LogP contribution >= 0.6 is 0 Å². The molecular weight excluding hydrogens is 220 g/mol. The van der Waals surface area contributed by atoms with Gasteiger partial charge in [0, 0.05) is 12.0 Å². The predicted octanol–water partition coefficient (Wildman–Crippen LogP) is 1.94. The second-order valence-corrected chi connectivity index (χ2v) is 5.04. The molecule has 0 bridgehead atoms. The Kier molecular flexibility index (Phi) is 3.96. The maximum Gasteiger partial charge on any atom is 0.333 e. The Morgan fingerprint density at radius 1 is 1.24 bits per heavy atom. The summed E-state index contributed by atoms with van der Waals surface area (Å²) in [6, 6.07) is 0. The third-order valence-corrected chi connectivity index (χ3v) is 3.76. The van der Waals surface area contributed by atoms with Gasteiger partial charge in [-0.15, -0.1) is 0 Å². The van der Waals surface area contributed by atoms with Crippen molar-refractivity contribution in [3.63, 3.8) is 0 Å². The number of carbonyl (C=O) groups is 2. The topological polar surface area (TPSA) is 52.6 Å². The van der Waals surface area contributed by atoms with Crippen molar-refractivity contribution in [1.82, 2.24) is 0 Å². The molecule has 0 aliphatic heterocycles. The van der Waals surface area contributed by atoms with Gasteiger partial charge in [0.25, 0.3) is 0 Å². The molecule has 0 heterocycles. The number of rotatable bonds is 5. The minimum Gasteiger partial charge on any atom is -0.469 e. The molecule has 0 N–H and O–H groups in total. The van der Waals surface area contributed by atoms with Crippen LogP contribution < -0.4 is 0 Å². The maximum absolute atomic E-state index is 11.4. The third kappa shape index (κ3) is 2.68. The molecule has 0 aromatic heterocycles. The average Bonchev–Trinajstić information content (AvgIpc) is 2.85. The lowest BCUT2D eigenvalue weighted by atomic mass is 10.0. The summed E-state index contributed by atoms with van der Waals surface area (Å²) in [5, 5.41) is 0. The third-order valence-electron chi connectivity index (χ3n) is 3.76. The monoisotopic (exact) mass is 240 g/mol. The standard InChI is InChI=1S/C13H20O4/c1-8(12(15)17-5)11-9(13(11,2)3)6-7-10(14)16-4/h9,11H,1,6-7H2,2-5H3/t9-,11-/m1/s1. The lowest BCUT2D eigenvalue weighted by molar-refractivity contribution is -0.140. The van der Waals surface area contributed by atoms with Crippen LogP contribution in [0.3, 0.4) is 0 Å². The molecule has 1 saturated carbocycles. The lowest BCUT2D eigenvalue weighted by Gasteiger charge is -2.04. The van der Waals surface area contributed by atoms with Crippen LogP contribution in [0.1, 0.15) is 26.7 Å². The molecule has 0 unspecified atom stereocenters. The maximum atomic E-state index is 11.4. The molecule has 4 nitrogen and oxygen atoms in total. The van der Waals surface area contributed by atoms with Gasteiger partial charge >= 0.3 is 11.9 Å². The number of methoxy groups -OCH3 is 2. The van der Waals surface area contributed by atoms with E-state index in [1.165, 1.54) is 14.2 Å². The highest BCUT2D eigenvalue weighted by Crippen LogP contribution is 2.63. The minimum atomic E-state index is -0.358. The van der Waals surface area contributed by atoms with Crippen LogP contribution in [0, 0.1) is 17.3 Å². The summed E-state index contributed by atoms with van der Waals surface area (Å²) in [6.45, 7) is 7.94. The molecule has 0 spiro atoms. The number of hydrogen-bond acceptors (Lipinski definition) is 4. The van der Waals surface area contributed by atoms with Gasteiger partial charge in [0.2, 0.25) is 0 Å². The normalized spacial score (nSPS) is 24.9. The first-order valence-corrected chi connectivity index (χ1v) is 5.70. The molecule has 1 fully saturated rings. The van der Waals surface area contributed by atoms with Gasteiger partial charge in [-0.1, -0.05) is 20.4 Å². The van der Waals surface area contributed by atoms with E-state index >= 15 is 0 Å². The van der Waals surface area contributed by atoms with Gasteiger partial charge in [-0.3, -0.25) is 4.79 Å². The molecule has 1 aliphatic rings. The summed E-state index contributed by atoms with van der Waals surface area (Å²) in [5.41, 5.74) is 0.520. The molecule has 1 rings (SSSR count). The number of ether oxygens (including phenoxy) is 2. The van der Waals surface area contributed by atoms with Crippen molar-refractivity contribution >= 4 is 11.9 Å². The quantitative estimate of drug-likeness (QED) is 0.544. The van der Waals surface area contributed by atoms with E-state index in [0.717, 1.165) is 6.42 Å². The number of esters is 2. The smallest absolute Gasteiger partial charge is 0.333 e. The van der Waals surface area contributed by atoms with Crippen molar-refractivity contribution in [3.05, 3.63) is 12.2 Å². The van der Waals surface area contributed by atoms with Crippen molar-refractivity contribution in [2.75, 3.05) is 14.2 Å². The summed E-state index contributed by atoms with van der Waals surface area (Å²) in [5.74, 6) is -0.161. The van der Waals surface area contributed by atoms with E-state index in [4.69, 9.17) is 0 Å². The van der Waals surface area contributed by atoms with Crippen LogP contribution in [0.5, 0.6) is 0 Å². The van der Waals surface area contributed by atoms with Gasteiger partial charge in [-0.2, -0.15) is 0 Å². The van der Waals surface area contributed by atoms with Crippen LogP contribution in [0.25, 0.3) is 0 Å². The molecule has 0 saturated heterocycles. The number of carbonyl (C=O) groups excluding carboxylic acids is 2. The molecule has 0 aromatic rings. The van der Waals surface area contributed by atoms with E-state index < -0.39 is 0 Å². The second kappa shape index (κ2) is 4.90. The van der Waals surface area contributed by atoms with Crippen LogP contribution in [-0.4, -0.2) is 26.2 Å². The van der Waals surface area contributed by atoms with Gasteiger partial charge in [-0.25, -0.2) is 4.79 Å². The molecule has 1 aliphatic carbocycles. The highest BCUT2D eigenvalue weighted by Gasteiger charge is 2.59. The Morgan fingerprint density at radius 3 is 2.29 bits per heavy atom. The zero-order valence-electron chi connectivity index (χ0n) is 10.9. The van der Waals surface area contributed by atoms with E-state index in [1.54, 1.807) is 0 Å². The summed E-state index contributed by atoms with van der Waals surface area (Å²) >= 11 is 0. The predicted molar refractivity (Wildman–Crippen MR) is 63.2 cm³/mol. The Bertz CT molecular complexity index is 343. The first kappa shape index (κ1) is 13.7. The fourth-order valence-electron chi connectivity index (χ4n) is 2.61. The zero-order chi connectivity index (χ0) is 13.2. The molecule has 17 heavy (non-hydrogen) atoms. The van der Waals surface area contributed by atoms with Gasteiger partial charge < -0.3 is 9.47 Å². The zero-order valence-corrected chi connectivity index (χ0v) is 10.9. The number of hydrogen-bond donors (Lipinski definition) is 0. The summed E-state index contributed by atoms with van der Waals surface area (Å²) < 4.78 is 9.28. The fraction of sp³-hybridized carbons (Fsp3) is 0.692. The van der Waals surface area contributed by atoms with Crippen molar-refractivity contribution in [1.29, 1.82) is 0 Å². The Hall–Kier alpha value is -1.32. The lowest BCUT2D eigenvalue weighted by Crippen LogP contribution is -2.08. The van der Waals surface area contributed by atoms with E-state index in [-0.39, 0.29) is 23.3 Å². The van der Waals surface area contributed by atoms with Crippen LogP contribution in [0.2, 0.25) is 0 Å². The van der Waals surface area contributed by atoms with E-state index in [0.29, 0.717) is 17.9 Å². The van der Waals surface area contributed by atoms with Gasteiger partial charge in [-0.05, 0) is 23.7 Å². The van der Waals surface area contributed by atoms with Crippen LogP contribution in [0.15, 0.2) is 12.2 Å². The molecule has 0 amide bonds. The molecule has 4 heteroatoms. The van der Waals surface area contributed by atoms with Crippen molar-refractivity contribution < 1.29 is 19.1 Å². The first-order chi connectivity index (χ1) is 7.86. The molecule has 0 aromatic carbocycles. The van der Waals surface area contributed by atoms with Crippen LogP contribution in [-0.2, 0) is 19.1 Å². The molecular formula is C13H20O4. The van der Waals surface area contributed by atoms with Crippen LogP contribution in [0.4, 0.5) is 0 Å². The van der Waals surface area contributed by atoms with Crippen molar-refractivity contribution in [2.45, 2.75) is 26.7 Å². The molecule has 96 valence electrons. The van der Waals surface area contributed by atoms with E-state index in [2.05, 4.69) is 29.9 Å². The van der Waals surface area contributed by atoms with Gasteiger partial charge in [0.15, 0.2) is 0 Å². The van der Waals surface area contributed by atoms with Crippen molar-refractivity contribution in [2.24, 2.45) is 17.3 Å². The van der Waals surface area contributed by atoms with Gasteiger partial charge in [0.1, 0.15) is 0 Å². The fourth-order valence-corrected chi connectivity index (χ4v) is 2.61. The average molecular weight is 240 g/mol.